The van der Waals surface area contributed by atoms with Crippen LogP contribution >= 0.6 is 0 Å². The molecule has 4 heteroatoms. The molecule has 0 aliphatic carbocycles. The smallest absolute Gasteiger partial charge is 0.223 e. The summed E-state index contributed by atoms with van der Waals surface area (Å²) in [5.74, 6) is 0.274. The third-order valence-electron chi connectivity index (χ3n) is 3.39. The summed E-state index contributed by atoms with van der Waals surface area (Å²) in [6, 6.07) is 0.449. The van der Waals surface area contributed by atoms with Gasteiger partial charge in [-0.25, -0.2) is 0 Å². The van der Waals surface area contributed by atoms with Gasteiger partial charge in [0.15, 0.2) is 0 Å². The highest BCUT2D eigenvalue weighted by Crippen LogP contribution is 2.14. The van der Waals surface area contributed by atoms with Crippen molar-refractivity contribution < 1.29 is 4.79 Å². The van der Waals surface area contributed by atoms with Crippen LogP contribution in [0.4, 0.5) is 0 Å². The van der Waals surface area contributed by atoms with Gasteiger partial charge in [-0.1, -0.05) is 6.92 Å². The highest BCUT2D eigenvalue weighted by Gasteiger charge is 2.23. The third-order valence-corrected chi connectivity index (χ3v) is 3.39. The van der Waals surface area contributed by atoms with E-state index >= 15 is 0 Å². The summed E-state index contributed by atoms with van der Waals surface area (Å²) in [7, 11) is 4.09. The first-order valence-corrected chi connectivity index (χ1v) is 6.30. The number of carbonyl (C=O) groups excluding carboxylic acids is 1. The molecule has 1 N–H and O–H groups in total. The van der Waals surface area contributed by atoms with Crippen molar-refractivity contribution in [2.45, 2.75) is 32.2 Å². The van der Waals surface area contributed by atoms with Crippen molar-refractivity contribution in [2.24, 2.45) is 0 Å². The highest BCUT2D eigenvalue weighted by molar-refractivity contribution is 5.76. The van der Waals surface area contributed by atoms with Gasteiger partial charge in [0.1, 0.15) is 0 Å². The molecule has 0 saturated carbocycles. The first-order valence-electron chi connectivity index (χ1n) is 6.30. The molecule has 0 atom stereocenters. The average molecular weight is 227 g/mol. The van der Waals surface area contributed by atoms with Gasteiger partial charge in [0.2, 0.25) is 5.91 Å². The van der Waals surface area contributed by atoms with E-state index < -0.39 is 0 Å². The zero-order valence-electron chi connectivity index (χ0n) is 10.8. The molecule has 1 aliphatic heterocycles. The van der Waals surface area contributed by atoms with Crippen molar-refractivity contribution in [3.63, 3.8) is 0 Å². The van der Waals surface area contributed by atoms with E-state index in [1.54, 1.807) is 0 Å². The quantitative estimate of drug-likeness (QED) is 0.696. The number of nitrogens with one attached hydrogen (secondary N) is 1. The predicted octanol–water partition coefficient (Wildman–Crippen LogP) is 0.539. The maximum atomic E-state index is 11.9. The van der Waals surface area contributed by atoms with Crippen LogP contribution in [0.5, 0.6) is 0 Å². The molecule has 0 spiro atoms. The van der Waals surface area contributed by atoms with Crippen LogP contribution in [0, 0.1) is 0 Å². The molecule has 0 aromatic heterocycles. The van der Waals surface area contributed by atoms with Crippen molar-refractivity contribution in [2.75, 3.05) is 40.3 Å². The standard InChI is InChI=1S/C12H25N3O/c1-4-13-8-5-12(16)15(3)11-6-9-14(2)10-7-11/h11,13H,4-10H2,1-3H3. The van der Waals surface area contributed by atoms with Crippen molar-refractivity contribution in [3.05, 3.63) is 0 Å². The number of carbonyl (C=O) groups is 1. The Hall–Kier alpha value is -0.610. The molecule has 0 radical (unpaired) electrons. The number of rotatable bonds is 5. The minimum absolute atomic E-state index is 0.274. The Balaban J connectivity index is 2.27. The number of amides is 1. The van der Waals surface area contributed by atoms with Crippen LogP contribution in [0.1, 0.15) is 26.2 Å². The molecule has 1 saturated heterocycles. The Bertz CT molecular complexity index is 212. The van der Waals surface area contributed by atoms with E-state index in [0.717, 1.165) is 39.0 Å². The second kappa shape index (κ2) is 6.86. The summed E-state index contributed by atoms with van der Waals surface area (Å²) in [5, 5.41) is 3.19. The molecule has 1 amide bonds. The van der Waals surface area contributed by atoms with Gasteiger partial charge >= 0.3 is 0 Å². The van der Waals surface area contributed by atoms with Crippen LogP contribution < -0.4 is 5.32 Å². The Morgan fingerprint density at radius 1 is 1.44 bits per heavy atom. The van der Waals surface area contributed by atoms with E-state index in [0.29, 0.717) is 12.5 Å². The second-order valence-corrected chi connectivity index (χ2v) is 4.64. The summed E-state index contributed by atoms with van der Waals surface area (Å²) in [6.45, 7) is 6.01. The summed E-state index contributed by atoms with van der Waals surface area (Å²) in [6.07, 6.45) is 2.84. The molecule has 0 unspecified atom stereocenters. The molecule has 16 heavy (non-hydrogen) atoms. The molecule has 94 valence electrons. The lowest BCUT2D eigenvalue weighted by molar-refractivity contribution is -0.132. The van der Waals surface area contributed by atoms with Gasteiger partial charge in [-0.15, -0.1) is 0 Å². The molecule has 1 heterocycles. The van der Waals surface area contributed by atoms with Crippen LogP contribution in [0.15, 0.2) is 0 Å². The number of likely N-dealkylation sites (tertiary alicyclic amines) is 1. The Morgan fingerprint density at radius 2 is 2.06 bits per heavy atom. The van der Waals surface area contributed by atoms with Crippen LogP contribution in [0.3, 0.4) is 0 Å². The van der Waals surface area contributed by atoms with Crippen LogP contribution in [-0.2, 0) is 4.79 Å². The van der Waals surface area contributed by atoms with E-state index in [1.807, 2.05) is 11.9 Å². The van der Waals surface area contributed by atoms with Crippen LogP contribution in [-0.4, -0.2) is 62.0 Å². The lowest BCUT2D eigenvalue weighted by Crippen LogP contribution is -2.45. The molecule has 4 nitrogen and oxygen atoms in total. The fourth-order valence-corrected chi connectivity index (χ4v) is 2.13. The van der Waals surface area contributed by atoms with Gasteiger partial charge in [-0.05, 0) is 39.5 Å². The summed E-state index contributed by atoms with van der Waals surface area (Å²) in [5.41, 5.74) is 0. The molecule has 0 aromatic carbocycles. The van der Waals surface area contributed by atoms with Crippen LogP contribution in [0.25, 0.3) is 0 Å². The van der Waals surface area contributed by atoms with Gasteiger partial charge in [-0.2, -0.15) is 0 Å². The number of hydrogen-bond acceptors (Lipinski definition) is 3. The molecular weight excluding hydrogens is 202 g/mol. The molecule has 0 aromatic rings. The third kappa shape index (κ3) is 4.10. The second-order valence-electron chi connectivity index (χ2n) is 4.64. The number of hydrogen-bond donors (Lipinski definition) is 1. The largest absolute Gasteiger partial charge is 0.343 e. The lowest BCUT2D eigenvalue weighted by atomic mass is 10.0. The lowest BCUT2D eigenvalue weighted by Gasteiger charge is -2.35. The zero-order valence-corrected chi connectivity index (χ0v) is 10.8. The Morgan fingerprint density at radius 3 is 2.62 bits per heavy atom. The minimum Gasteiger partial charge on any atom is -0.343 e. The Labute approximate surface area is 99.0 Å². The average Bonchev–Trinajstić information content (AvgIpc) is 2.29. The van der Waals surface area contributed by atoms with Gasteiger partial charge in [-0.3, -0.25) is 4.79 Å². The fraction of sp³-hybridized carbons (Fsp3) is 0.917. The zero-order chi connectivity index (χ0) is 12.0. The fourth-order valence-electron chi connectivity index (χ4n) is 2.13. The SMILES string of the molecule is CCNCCC(=O)N(C)C1CCN(C)CC1. The van der Waals surface area contributed by atoms with E-state index in [2.05, 4.69) is 24.2 Å². The van der Waals surface area contributed by atoms with Gasteiger partial charge in [0, 0.05) is 26.1 Å². The summed E-state index contributed by atoms with van der Waals surface area (Å²) >= 11 is 0. The maximum absolute atomic E-state index is 11.9. The molecule has 0 bridgehead atoms. The molecule has 1 aliphatic rings. The minimum atomic E-state index is 0.274. The normalized spacial score (nSPS) is 18.7. The Kier molecular flexibility index (Phi) is 5.77. The number of nitrogens with zero attached hydrogens (tertiary/aromatic N) is 2. The van der Waals surface area contributed by atoms with Gasteiger partial charge in [0.25, 0.3) is 0 Å². The van der Waals surface area contributed by atoms with E-state index in [4.69, 9.17) is 0 Å². The van der Waals surface area contributed by atoms with E-state index in [9.17, 15) is 4.79 Å². The molecular formula is C12H25N3O. The summed E-state index contributed by atoms with van der Waals surface area (Å²) < 4.78 is 0. The molecule has 1 fully saturated rings. The highest BCUT2D eigenvalue weighted by atomic mass is 16.2. The van der Waals surface area contributed by atoms with Gasteiger partial charge in [0.05, 0.1) is 0 Å². The maximum Gasteiger partial charge on any atom is 0.223 e. The van der Waals surface area contributed by atoms with Crippen molar-refractivity contribution in [1.82, 2.24) is 15.1 Å². The predicted molar refractivity (Wildman–Crippen MR) is 66.4 cm³/mol. The topological polar surface area (TPSA) is 35.6 Å². The molecule has 1 rings (SSSR count). The first kappa shape index (κ1) is 13.5. The van der Waals surface area contributed by atoms with Gasteiger partial charge < -0.3 is 15.1 Å². The summed E-state index contributed by atoms with van der Waals surface area (Å²) in [4.78, 5) is 16.1. The number of piperidine rings is 1. The van der Waals surface area contributed by atoms with Crippen molar-refractivity contribution in [1.29, 1.82) is 0 Å². The first-order chi connectivity index (χ1) is 7.65. The van der Waals surface area contributed by atoms with E-state index in [-0.39, 0.29) is 5.91 Å². The van der Waals surface area contributed by atoms with Crippen molar-refractivity contribution >= 4 is 5.91 Å². The van der Waals surface area contributed by atoms with Crippen LogP contribution in [0.2, 0.25) is 0 Å². The van der Waals surface area contributed by atoms with E-state index in [1.165, 1.54) is 0 Å². The van der Waals surface area contributed by atoms with Crippen molar-refractivity contribution in [3.8, 4) is 0 Å². The monoisotopic (exact) mass is 227 g/mol.